The predicted molar refractivity (Wildman–Crippen MR) is 44.3 cm³/mol. The number of rotatable bonds is 0. The molecule has 0 saturated carbocycles. The van der Waals surface area contributed by atoms with Crippen LogP contribution in [0.25, 0.3) is 0 Å². The molecule has 0 unspecified atom stereocenters. The van der Waals surface area contributed by atoms with Gasteiger partial charge in [0, 0.05) is 13.2 Å². The molecule has 3 heteroatoms. The van der Waals surface area contributed by atoms with E-state index in [-0.39, 0.29) is 5.57 Å². The normalized spacial score (nSPS) is 13.9. The van der Waals surface area contributed by atoms with E-state index in [1.807, 2.05) is 18.2 Å². The van der Waals surface area contributed by atoms with Gasteiger partial charge in [0.2, 0.25) is 0 Å². The molecule has 0 bridgehead atoms. The van der Waals surface area contributed by atoms with Crippen molar-refractivity contribution in [3.05, 3.63) is 35.7 Å². The molecule has 0 radical (unpaired) electrons. The van der Waals surface area contributed by atoms with Crippen molar-refractivity contribution >= 4 is 0 Å². The lowest BCUT2D eigenvalue weighted by molar-refractivity contribution is 0.581. The van der Waals surface area contributed by atoms with E-state index in [2.05, 4.69) is 0 Å². The second-order valence-corrected chi connectivity index (χ2v) is 2.30. The number of hydrogen-bond donors (Lipinski definition) is 0. The van der Waals surface area contributed by atoms with E-state index in [9.17, 15) is 0 Å². The molecule has 1 aliphatic heterocycles. The minimum atomic E-state index is 0.137. The van der Waals surface area contributed by atoms with Gasteiger partial charge in [-0.1, -0.05) is 6.08 Å². The molecule has 1 rings (SSSR count). The fourth-order valence-corrected chi connectivity index (χ4v) is 0.923. The molecule has 12 heavy (non-hydrogen) atoms. The van der Waals surface area contributed by atoms with Crippen LogP contribution in [0.3, 0.4) is 0 Å². The van der Waals surface area contributed by atoms with Crippen LogP contribution in [0.2, 0.25) is 0 Å². The quantitative estimate of drug-likeness (QED) is 0.498. The molecule has 0 atom stereocenters. The summed E-state index contributed by atoms with van der Waals surface area (Å²) in [5, 5.41) is 17.2. The molecule has 0 saturated heterocycles. The molecule has 0 aromatic rings. The molecular weight excluding hydrogens is 150 g/mol. The van der Waals surface area contributed by atoms with Crippen LogP contribution in [-0.4, -0.2) is 11.9 Å². The summed E-state index contributed by atoms with van der Waals surface area (Å²) in [6, 6.07) is 3.69. The molecule has 0 aliphatic carbocycles. The largest absolute Gasteiger partial charge is 0.349 e. The Balaban J connectivity index is 3.13. The van der Waals surface area contributed by atoms with Gasteiger partial charge in [-0.15, -0.1) is 0 Å². The van der Waals surface area contributed by atoms with Gasteiger partial charge in [-0.05, 0) is 12.2 Å². The van der Waals surface area contributed by atoms with Gasteiger partial charge in [0.15, 0.2) is 5.57 Å². The van der Waals surface area contributed by atoms with Crippen LogP contribution >= 0.6 is 0 Å². The third-order valence-electron chi connectivity index (χ3n) is 1.53. The number of allylic oxidation sites excluding steroid dienone is 4. The highest BCUT2D eigenvalue weighted by atomic mass is 15.1. The fourth-order valence-electron chi connectivity index (χ4n) is 0.923. The van der Waals surface area contributed by atoms with E-state index in [0.717, 1.165) is 0 Å². The Labute approximate surface area is 71.1 Å². The van der Waals surface area contributed by atoms with E-state index in [1.165, 1.54) is 0 Å². The number of hydrogen-bond acceptors (Lipinski definition) is 3. The summed E-state index contributed by atoms with van der Waals surface area (Å²) >= 11 is 0. The standard InChI is InChI=1S/C9H7N3/c1-12-5-3-2-4-9(12)8(6-10)7-11/h2-5H,1H3. The molecule has 3 nitrogen and oxygen atoms in total. The minimum absolute atomic E-state index is 0.137. The molecule has 0 spiro atoms. The Bertz CT molecular complexity index is 331. The molecule has 1 aliphatic rings. The highest BCUT2D eigenvalue weighted by Crippen LogP contribution is 2.13. The van der Waals surface area contributed by atoms with Crippen molar-refractivity contribution in [2.45, 2.75) is 0 Å². The average molecular weight is 157 g/mol. The van der Waals surface area contributed by atoms with Crippen LogP contribution in [0.1, 0.15) is 0 Å². The third kappa shape index (κ3) is 1.36. The molecule has 0 amide bonds. The van der Waals surface area contributed by atoms with Crippen LogP contribution in [0.15, 0.2) is 35.7 Å². The molecule has 0 fully saturated rings. The Morgan fingerprint density at radius 3 is 2.50 bits per heavy atom. The Hall–Kier alpha value is -2.00. The first-order valence-corrected chi connectivity index (χ1v) is 3.41. The van der Waals surface area contributed by atoms with Crippen molar-refractivity contribution in [1.29, 1.82) is 10.5 Å². The first-order valence-electron chi connectivity index (χ1n) is 3.41. The predicted octanol–water partition coefficient (Wildman–Crippen LogP) is 1.30. The maximum absolute atomic E-state index is 8.58. The van der Waals surface area contributed by atoms with E-state index in [0.29, 0.717) is 5.70 Å². The van der Waals surface area contributed by atoms with Crippen molar-refractivity contribution in [1.82, 2.24) is 4.90 Å². The smallest absolute Gasteiger partial charge is 0.153 e. The van der Waals surface area contributed by atoms with Gasteiger partial charge in [0.05, 0.1) is 5.70 Å². The second kappa shape index (κ2) is 3.41. The number of nitrogens with zero attached hydrogens (tertiary/aromatic N) is 3. The van der Waals surface area contributed by atoms with Gasteiger partial charge >= 0.3 is 0 Å². The van der Waals surface area contributed by atoms with Crippen LogP contribution < -0.4 is 0 Å². The van der Waals surface area contributed by atoms with E-state index < -0.39 is 0 Å². The van der Waals surface area contributed by atoms with Crippen LogP contribution in [-0.2, 0) is 0 Å². The minimum Gasteiger partial charge on any atom is -0.349 e. The van der Waals surface area contributed by atoms with Crippen molar-refractivity contribution in [3.8, 4) is 12.1 Å². The lowest BCUT2D eigenvalue weighted by atomic mass is 10.2. The SMILES string of the molecule is CN1C=CC=CC1=C(C#N)C#N. The highest BCUT2D eigenvalue weighted by Gasteiger charge is 2.07. The Morgan fingerprint density at radius 1 is 1.33 bits per heavy atom. The molecule has 0 aromatic heterocycles. The summed E-state index contributed by atoms with van der Waals surface area (Å²) in [7, 11) is 1.80. The third-order valence-corrected chi connectivity index (χ3v) is 1.53. The lowest BCUT2D eigenvalue weighted by Crippen LogP contribution is -2.12. The first kappa shape index (κ1) is 8.10. The van der Waals surface area contributed by atoms with Crippen molar-refractivity contribution in [3.63, 3.8) is 0 Å². The maximum Gasteiger partial charge on any atom is 0.153 e. The first-order chi connectivity index (χ1) is 5.79. The van der Waals surface area contributed by atoms with Crippen molar-refractivity contribution < 1.29 is 0 Å². The zero-order chi connectivity index (χ0) is 8.97. The van der Waals surface area contributed by atoms with Crippen molar-refractivity contribution in [2.24, 2.45) is 0 Å². The molecular formula is C9H7N3. The van der Waals surface area contributed by atoms with Gasteiger partial charge in [-0.3, -0.25) is 0 Å². The van der Waals surface area contributed by atoms with Gasteiger partial charge < -0.3 is 4.90 Å². The molecule has 0 N–H and O–H groups in total. The Morgan fingerprint density at radius 2 is 2.00 bits per heavy atom. The van der Waals surface area contributed by atoms with Gasteiger partial charge in [-0.2, -0.15) is 10.5 Å². The Kier molecular flexibility index (Phi) is 2.30. The highest BCUT2D eigenvalue weighted by molar-refractivity contribution is 5.46. The fraction of sp³-hybridized carbons (Fsp3) is 0.111. The van der Waals surface area contributed by atoms with Crippen LogP contribution in [0.5, 0.6) is 0 Å². The van der Waals surface area contributed by atoms with E-state index in [4.69, 9.17) is 10.5 Å². The topological polar surface area (TPSA) is 50.8 Å². The molecule has 1 heterocycles. The average Bonchev–Trinajstić information content (AvgIpc) is 2.10. The number of likely N-dealkylation sites (N-methyl/N-ethyl adjacent to an activating group) is 1. The monoisotopic (exact) mass is 157 g/mol. The van der Waals surface area contributed by atoms with Crippen LogP contribution in [0.4, 0.5) is 0 Å². The summed E-state index contributed by atoms with van der Waals surface area (Å²) in [4.78, 5) is 1.74. The van der Waals surface area contributed by atoms with Gasteiger partial charge in [-0.25, -0.2) is 0 Å². The molecule has 58 valence electrons. The van der Waals surface area contributed by atoms with Crippen LogP contribution in [0, 0.1) is 22.7 Å². The number of nitriles is 2. The summed E-state index contributed by atoms with van der Waals surface area (Å²) < 4.78 is 0. The summed E-state index contributed by atoms with van der Waals surface area (Å²) in [5.41, 5.74) is 0.778. The van der Waals surface area contributed by atoms with E-state index >= 15 is 0 Å². The zero-order valence-electron chi connectivity index (χ0n) is 6.65. The second-order valence-electron chi connectivity index (χ2n) is 2.30. The summed E-state index contributed by atoms with van der Waals surface area (Å²) in [6.45, 7) is 0. The lowest BCUT2D eigenvalue weighted by Gasteiger charge is -2.17. The maximum atomic E-state index is 8.58. The summed E-state index contributed by atoms with van der Waals surface area (Å²) in [5.74, 6) is 0. The van der Waals surface area contributed by atoms with Gasteiger partial charge in [0.25, 0.3) is 0 Å². The van der Waals surface area contributed by atoms with Crippen molar-refractivity contribution in [2.75, 3.05) is 7.05 Å². The summed E-state index contributed by atoms with van der Waals surface area (Å²) in [6.07, 6.45) is 7.17. The van der Waals surface area contributed by atoms with Gasteiger partial charge in [0.1, 0.15) is 12.1 Å². The van der Waals surface area contributed by atoms with E-state index in [1.54, 1.807) is 30.3 Å². The zero-order valence-corrected chi connectivity index (χ0v) is 6.65. The molecule has 0 aromatic carbocycles.